The summed E-state index contributed by atoms with van der Waals surface area (Å²) in [6.45, 7) is 7.97. The number of likely N-dealkylation sites (tertiary alicyclic amines) is 1. The van der Waals surface area contributed by atoms with Gasteiger partial charge in [0.05, 0.1) is 24.7 Å². The van der Waals surface area contributed by atoms with Crippen LogP contribution in [0.15, 0.2) is 24.3 Å². The SMILES string of the molecule is CC(C)(C)N1CC=C[C@]23O[C@@]4(C)/C=C\CCCOC(=O)[C@H]4[C@H]2C(=O)N(CCO)C3C1=O. The molecule has 0 aromatic rings. The number of rotatable bonds is 2. The molecule has 1 N–H and O–H groups in total. The zero-order chi connectivity index (χ0) is 22.6. The molecule has 4 aliphatic rings. The highest BCUT2D eigenvalue weighted by molar-refractivity contribution is 5.99. The van der Waals surface area contributed by atoms with Gasteiger partial charge in [0, 0.05) is 18.6 Å². The minimum Gasteiger partial charge on any atom is -0.465 e. The third-order valence-electron chi connectivity index (χ3n) is 6.90. The lowest BCUT2D eigenvalue weighted by Crippen LogP contribution is -2.59. The summed E-state index contributed by atoms with van der Waals surface area (Å²) in [4.78, 5) is 43.8. The quantitative estimate of drug-likeness (QED) is 0.517. The van der Waals surface area contributed by atoms with Gasteiger partial charge in [0.25, 0.3) is 0 Å². The fraction of sp³-hybridized carbons (Fsp3) is 0.696. The van der Waals surface area contributed by atoms with Gasteiger partial charge in [-0.2, -0.15) is 0 Å². The van der Waals surface area contributed by atoms with Gasteiger partial charge >= 0.3 is 5.97 Å². The minimum atomic E-state index is -1.30. The molecule has 0 radical (unpaired) electrons. The van der Waals surface area contributed by atoms with Crippen molar-refractivity contribution in [3.05, 3.63) is 24.3 Å². The Morgan fingerprint density at radius 3 is 2.55 bits per heavy atom. The van der Waals surface area contributed by atoms with Crippen LogP contribution in [0.4, 0.5) is 0 Å². The van der Waals surface area contributed by atoms with E-state index in [-0.39, 0.29) is 31.6 Å². The van der Waals surface area contributed by atoms with E-state index in [0.717, 1.165) is 6.42 Å². The van der Waals surface area contributed by atoms with Gasteiger partial charge in [-0.3, -0.25) is 14.4 Å². The van der Waals surface area contributed by atoms with Gasteiger partial charge in [-0.15, -0.1) is 0 Å². The Labute approximate surface area is 182 Å². The van der Waals surface area contributed by atoms with Crippen molar-refractivity contribution in [3.8, 4) is 0 Å². The van der Waals surface area contributed by atoms with Crippen molar-refractivity contribution in [1.29, 1.82) is 0 Å². The number of nitrogens with zero attached hydrogens (tertiary/aromatic N) is 2. The number of hydrogen-bond donors (Lipinski definition) is 1. The molecule has 0 saturated carbocycles. The number of hydrogen-bond acceptors (Lipinski definition) is 6. The zero-order valence-corrected chi connectivity index (χ0v) is 18.7. The second kappa shape index (κ2) is 7.45. The van der Waals surface area contributed by atoms with Crippen molar-refractivity contribution in [2.45, 2.75) is 63.3 Å². The first-order valence-electron chi connectivity index (χ1n) is 11.0. The van der Waals surface area contributed by atoms with E-state index in [0.29, 0.717) is 13.0 Å². The van der Waals surface area contributed by atoms with Crippen LogP contribution >= 0.6 is 0 Å². The highest BCUT2D eigenvalue weighted by Crippen LogP contribution is 2.57. The Kier molecular flexibility index (Phi) is 5.29. The summed E-state index contributed by atoms with van der Waals surface area (Å²) in [6, 6.07) is -0.955. The van der Waals surface area contributed by atoms with Crippen molar-refractivity contribution < 1.29 is 29.0 Å². The third-order valence-corrected chi connectivity index (χ3v) is 6.90. The molecule has 0 aliphatic carbocycles. The summed E-state index contributed by atoms with van der Waals surface area (Å²) in [6.07, 6.45) is 8.90. The van der Waals surface area contributed by atoms with Crippen molar-refractivity contribution in [2.75, 3.05) is 26.3 Å². The monoisotopic (exact) mass is 432 g/mol. The van der Waals surface area contributed by atoms with Gasteiger partial charge in [0.15, 0.2) is 0 Å². The van der Waals surface area contributed by atoms with Gasteiger partial charge in [-0.05, 0) is 40.5 Å². The van der Waals surface area contributed by atoms with E-state index in [1.807, 2.05) is 39.0 Å². The summed E-state index contributed by atoms with van der Waals surface area (Å²) < 4.78 is 12.1. The lowest BCUT2D eigenvalue weighted by Gasteiger charge is -2.41. The maximum absolute atomic E-state index is 13.8. The molecule has 2 amide bonds. The molecule has 8 nitrogen and oxygen atoms in total. The predicted molar refractivity (Wildman–Crippen MR) is 112 cm³/mol. The van der Waals surface area contributed by atoms with Crippen LogP contribution in [0.3, 0.4) is 0 Å². The molecule has 0 bridgehead atoms. The molecule has 31 heavy (non-hydrogen) atoms. The Hall–Kier alpha value is -2.19. The average molecular weight is 433 g/mol. The van der Waals surface area contributed by atoms with Crippen LogP contribution in [0.5, 0.6) is 0 Å². The van der Waals surface area contributed by atoms with Gasteiger partial charge in [-0.1, -0.05) is 24.3 Å². The number of carbonyl (C=O) groups excluding carboxylic acids is 3. The highest BCUT2D eigenvalue weighted by atomic mass is 16.6. The van der Waals surface area contributed by atoms with Crippen molar-refractivity contribution >= 4 is 17.8 Å². The summed E-state index contributed by atoms with van der Waals surface area (Å²) in [5, 5.41) is 9.65. The van der Waals surface area contributed by atoms with Gasteiger partial charge < -0.3 is 24.4 Å². The summed E-state index contributed by atoms with van der Waals surface area (Å²) in [5.74, 6) is -2.85. The van der Waals surface area contributed by atoms with Crippen LogP contribution in [0, 0.1) is 11.8 Å². The number of carbonyl (C=O) groups is 3. The Morgan fingerprint density at radius 2 is 1.87 bits per heavy atom. The third kappa shape index (κ3) is 3.22. The molecule has 1 spiro atoms. The average Bonchev–Trinajstić information content (AvgIpc) is 3.01. The van der Waals surface area contributed by atoms with Crippen molar-refractivity contribution in [1.82, 2.24) is 9.80 Å². The van der Waals surface area contributed by atoms with E-state index in [9.17, 15) is 19.5 Å². The lowest BCUT2D eigenvalue weighted by molar-refractivity contribution is -0.160. The smallest absolute Gasteiger partial charge is 0.313 e. The van der Waals surface area contributed by atoms with Crippen LogP contribution in [-0.2, 0) is 23.9 Å². The van der Waals surface area contributed by atoms with Crippen molar-refractivity contribution in [2.24, 2.45) is 11.8 Å². The molecule has 4 heterocycles. The Balaban J connectivity index is 1.88. The van der Waals surface area contributed by atoms with E-state index in [4.69, 9.17) is 9.47 Å². The zero-order valence-electron chi connectivity index (χ0n) is 18.7. The number of ether oxygens (including phenoxy) is 2. The number of amides is 2. The molecule has 0 aromatic carbocycles. The van der Waals surface area contributed by atoms with Crippen LogP contribution < -0.4 is 0 Å². The van der Waals surface area contributed by atoms with Crippen LogP contribution in [-0.4, -0.2) is 81.8 Å². The number of β-amino-alcohol motifs (C(OH)–C–C–N with tert-alkyl or cyclic N) is 1. The van der Waals surface area contributed by atoms with Crippen LogP contribution in [0.25, 0.3) is 0 Å². The minimum absolute atomic E-state index is 0.00298. The predicted octanol–water partition coefficient (Wildman–Crippen LogP) is 1.04. The topological polar surface area (TPSA) is 96.4 Å². The molecule has 0 aromatic heterocycles. The second-order valence-corrected chi connectivity index (χ2v) is 9.99. The van der Waals surface area contributed by atoms with Crippen LogP contribution in [0.1, 0.15) is 40.5 Å². The number of aliphatic hydroxyl groups is 1. The molecule has 170 valence electrons. The van der Waals surface area contributed by atoms with Gasteiger partial charge in [0.1, 0.15) is 17.6 Å². The van der Waals surface area contributed by atoms with E-state index in [1.165, 1.54) is 4.90 Å². The standard InChI is InChI=1S/C23H32N2O6/c1-21(2,3)25-11-8-10-23-15(18(27)24(12-13-26)17(23)19(25)28)16-20(29)30-14-7-5-6-9-22(16,4)31-23/h6,8-10,15-17,26H,5,7,11-14H2,1-4H3/b9-6-/t15-,16+,17?,22-,23-/m0/s1. The number of fused-ring (bicyclic) bond motifs is 2. The summed E-state index contributed by atoms with van der Waals surface area (Å²) >= 11 is 0. The second-order valence-electron chi connectivity index (χ2n) is 9.99. The molecule has 2 fully saturated rings. The maximum atomic E-state index is 13.8. The molecule has 8 heteroatoms. The Bertz CT molecular complexity index is 845. The highest BCUT2D eigenvalue weighted by Gasteiger charge is 2.74. The van der Waals surface area contributed by atoms with E-state index >= 15 is 0 Å². The first kappa shape index (κ1) is 22.0. The molecular formula is C23H32N2O6. The molecule has 4 aliphatic heterocycles. The number of aliphatic hydroxyl groups excluding tert-OH is 1. The van der Waals surface area contributed by atoms with Gasteiger partial charge in [0.2, 0.25) is 11.8 Å². The number of esters is 1. The maximum Gasteiger partial charge on any atom is 0.313 e. The molecule has 2 saturated heterocycles. The fourth-order valence-electron chi connectivity index (χ4n) is 5.59. The van der Waals surface area contributed by atoms with E-state index in [1.54, 1.807) is 17.9 Å². The van der Waals surface area contributed by atoms with E-state index in [2.05, 4.69) is 0 Å². The molecule has 4 rings (SSSR count). The summed E-state index contributed by atoms with van der Waals surface area (Å²) in [5.41, 5.74) is -2.85. The molecule has 5 atom stereocenters. The molecule has 1 unspecified atom stereocenters. The largest absolute Gasteiger partial charge is 0.465 e. The fourth-order valence-corrected chi connectivity index (χ4v) is 5.59. The Morgan fingerprint density at radius 1 is 1.13 bits per heavy atom. The normalized spacial score (nSPS) is 39.1. The number of cyclic esters (lactones) is 1. The first-order valence-corrected chi connectivity index (χ1v) is 11.0. The first-order chi connectivity index (χ1) is 14.6. The lowest BCUT2D eigenvalue weighted by atomic mass is 9.74. The van der Waals surface area contributed by atoms with Crippen molar-refractivity contribution in [3.63, 3.8) is 0 Å². The van der Waals surface area contributed by atoms with E-state index < -0.39 is 40.6 Å². The summed E-state index contributed by atoms with van der Waals surface area (Å²) in [7, 11) is 0. The number of allylic oxidation sites excluding steroid dienone is 1. The van der Waals surface area contributed by atoms with Gasteiger partial charge in [-0.25, -0.2) is 0 Å². The molecular weight excluding hydrogens is 400 g/mol. The van der Waals surface area contributed by atoms with Crippen LogP contribution in [0.2, 0.25) is 0 Å².